The van der Waals surface area contributed by atoms with Crippen LogP contribution in [0.15, 0.2) is 0 Å². The average Bonchev–Trinajstić information content (AvgIpc) is 2.28. The second kappa shape index (κ2) is 6.88. The normalized spacial score (nSPS) is 21.5. The molecule has 18 heavy (non-hydrogen) atoms. The van der Waals surface area contributed by atoms with E-state index in [0.717, 1.165) is 13.2 Å². The summed E-state index contributed by atoms with van der Waals surface area (Å²) in [5.74, 6) is 0.614. The third-order valence-electron chi connectivity index (χ3n) is 4.05. The first-order valence-corrected chi connectivity index (χ1v) is 7.39. The molecule has 1 atom stereocenters. The summed E-state index contributed by atoms with van der Waals surface area (Å²) in [4.78, 5) is 5.09. The zero-order valence-electron chi connectivity index (χ0n) is 13.2. The van der Waals surface area contributed by atoms with Gasteiger partial charge >= 0.3 is 0 Å². The Labute approximate surface area is 113 Å². The minimum atomic E-state index is 0.314. The van der Waals surface area contributed by atoms with Gasteiger partial charge in [0.25, 0.3) is 0 Å². The van der Waals surface area contributed by atoms with E-state index in [1.54, 1.807) is 0 Å². The molecule has 0 bridgehead atoms. The van der Waals surface area contributed by atoms with E-state index >= 15 is 0 Å². The van der Waals surface area contributed by atoms with Gasteiger partial charge in [-0.15, -0.1) is 0 Å². The molecule has 0 aromatic carbocycles. The molecule has 1 aliphatic heterocycles. The van der Waals surface area contributed by atoms with Crippen molar-refractivity contribution in [2.45, 2.75) is 53.2 Å². The smallest absolute Gasteiger partial charge is 0.0597 e. The number of ether oxygens (including phenoxy) is 1. The van der Waals surface area contributed by atoms with Gasteiger partial charge in [0.15, 0.2) is 0 Å². The van der Waals surface area contributed by atoms with E-state index in [0.29, 0.717) is 17.6 Å². The van der Waals surface area contributed by atoms with Gasteiger partial charge in [-0.25, -0.2) is 0 Å². The van der Waals surface area contributed by atoms with E-state index in [9.17, 15) is 0 Å². The molecule has 1 unspecified atom stereocenters. The van der Waals surface area contributed by atoms with Crippen molar-refractivity contribution in [3.05, 3.63) is 0 Å². The van der Waals surface area contributed by atoms with E-state index < -0.39 is 0 Å². The second-order valence-electron chi connectivity index (χ2n) is 6.82. The van der Waals surface area contributed by atoms with Crippen molar-refractivity contribution >= 4 is 0 Å². The van der Waals surface area contributed by atoms with E-state index in [2.05, 4.69) is 51.3 Å². The highest BCUT2D eigenvalue weighted by Crippen LogP contribution is 2.15. The molecule has 0 saturated carbocycles. The quantitative estimate of drug-likeness (QED) is 0.751. The van der Waals surface area contributed by atoms with Crippen molar-refractivity contribution < 1.29 is 4.74 Å². The van der Waals surface area contributed by atoms with Crippen molar-refractivity contribution in [1.29, 1.82) is 0 Å². The first-order valence-electron chi connectivity index (χ1n) is 7.39. The van der Waals surface area contributed by atoms with Gasteiger partial charge in [-0.2, -0.15) is 0 Å². The Kier molecular flexibility index (Phi) is 6.09. The minimum Gasteiger partial charge on any atom is -0.377 e. The molecule has 108 valence electrons. The fourth-order valence-corrected chi connectivity index (χ4v) is 2.20. The summed E-state index contributed by atoms with van der Waals surface area (Å²) in [5.41, 5.74) is 0.314. The Bertz CT molecular complexity index is 227. The average molecular weight is 256 g/mol. The molecule has 0 N–H and O–H groups in total. The fraction of sp³-hybridized carbons (Fsp3) is 1.00. The van der Waals surface area contributed by atoms with Crippen LogP contribution < -0.4 is 0 Å². The lowest BCUT2D eigenvalue weighted by atomic mass is 10.1. The van der Waals surface area contributed by atoms with Gasteiger partial charge in [0.2, 0.25) is 0 Å². The number of nitrogens with zero attached hydrogens (tertiary/aromatic N) is 2. The maximum atomic E-state index is 5.84. The molecule has 1 aliphatic rings. The van der Waals surface area contributed by atoms with Crippen LogP contribution in [0.3, 0.4) is 0 Å². The third kappa shape index (κ3) is 5.25. The standard InChI is InChI=1S/C15H32N2O/c1-13(2)14(3)18-12-11-16-7-9-17(10-8-16)15(4,5)6/h13-14H,7-12H2,1-6H3. The Morgan fingerprint density at radius 2 is 1.56 bits per heavy atom. The molecule has 1 rings (SSSR count). The van der Waals surface area contributed by atoms with Gasteiger partial charge in [0.05, 0.1) is 12.7 Å². The maximum Gasteiger partial charge on any atom is 0.0597 e. The number of hydrogen-bond donors (Lipinski definition) is 0. The third-order valence-corrected chi connectivity index (χ3v) is 4.05. The molecule has 0 aromatic heterocycles. The first kappa shape index (κ1) is 15.9. The zero-order valence-corrected chi connectivity index (χ0v) is 13.2. The molecule has 3 heteroatoms. The summed E-state index contributed by atoms with van der Waals surface area (Å²) in [6, 6.07) is 0. The summed E-state index contributed by atoms with van der Waals surface area (Å²) in [5, 5.41) is 0. The van der Waals surface area contributed by atoms with Crippen LogP contribution >= 0.6 is 0 Å². The Morgan fingerprint density at radius 1 is 1.00 bits per heavy atom. The SMILES string of the molecule is CC(C)C(C)OCCN1CCN(C(C)(C)C)CC1. The molecular formula is C15H32N2O. The van der Waals surface area contributed by atoms with Crippen LogP contribution in [0, 0.1) is 5.92 Å². The lowest BCUT2D eigenvalue weighted by molar-refractivity contribution is 0.00569. The Morgan fingerprint density at radius 3 is 2.00 bits per heavy atom. The molecule has 0 aromatic rings. The van der Waals surface area contributed by atoms with Gasteiger partial charge in [-0.1, -0.05) is 13.8 Å². The molecule has 1 heterocycles. The van der Waals surface area contributed by atoms with Crippen molar-refractivity contribution in [1.82, 2.24) is 9.80 Å². The number of hydrogen-bond acceptors (Lipinski definition) is 3. The number of rotatable bonds is 5. The van der Waals surface area contributed by atoms with E-state index in [4.69, 9.17) is 4.74 Å². The van der Waals surface area contributed by atoms with Crippen LogP contribution in [0.25, 0.3) is 0 Å². The summed E-state index contributed by atoms with van der Waals surface area (Å²) < 4.78 is 5.84. The predicted molar refractivity (Wildman–Crippen MR) is 78.0 cm³/mol. The molecular weight excluding hydrogens is 224 g/mol. The van der Waals surface area contributed by atoms with Crippen LogP contribution in [0.2, 0.25) is 0 Å². The number of piperazine rings is 1. The zero-order chi connectivity index (χ0) is 13.8. The van der Waals surface area contributed by atoms with Crippen LogP contribution in [-0.2, 0) is 4.74 Å². The monoisotopic (exact) mass is 256 g/mol. The Hall–Kier alpha value is -0.120. The first-order chi connectivity index (χ1) is 8.30. The van der Waals surface area contributed by atoms with Gasteiger partial charge in [-0.05, 0) is 33.6 Å². The van der Waals surface area contributed by atoms with Crippen molar-refractivity contribution in [2.24, 2.45) is 5.92 Å². The van der Waals surface area contributed by atoms with Crippen molar-refractivity contribution in [3.63, 3.8) is 0 Å². The topological polar surface area (TPSA) is 15.7 Å². The van der Waals surface area contributed by atoms with Crippen LogP contribution in [-0.4, -0.2) is 60.8 Å². The Balaban J connectivity index is 2.16. The maximum absolute atomic E-state index is 5.84. The van der Waals surface area contributed by atoms with Crippen LogP contribution in [0.4, 0.5) is 0 Å². The highest BCUT2D eigenvalue weighted by molar-refractivity contribution is 4.81. The molecule has 3 nitrogen and oxygen atoms in total. The van der Waals surface area contributed by atoms with Gasteiger partial charge in [0, 0.05) is 38.3 Å². The highest BCUT2D eigenvalue weighted by atomic mass is 16.5. The van der Waals surface area contributed by atoms with Gasteiger partial charge < -0.3 is 4.74 Å². The van der Waals surface area contributed by atoms with E-state index in [1.165, 1.54) is 26.2 Å². The molecule has 0 spiro atoms. The van der Waals surface area contributed by atoms with Crippen molar-refractivity contribution in [2.75, 3.05) is 39.3 Å². The summed E-state index contributed by atoms with van der Waals surface area (Å²) in [6.07, 6.45) is 0.376. The van der Waals surface area contributed by atoms with Crippen LogP contribution in [0.1, 0.15) is 41.5 Å². The summed E-state index contributed by atoms with van der Waals surface area (Å²) >= 11 is 0. The predicted octanol–water partition coefficient (Wildman–Crippen LogP) is 2.46. The van der Waals surface area contributed by atoms with Crippen LogP contribution in [0.5, 0.6) is 0 Å². The van der Waals surface area contributed by atoms with Gasteiger partial charge in [0.1, 0.15) is 0 Å². The molecule has 0 amide bonds. The lowest BCUT2D eigenvalue weighted by Crippen LogP contribution is -2.53. The molecule has 0 aliphatic carbocycles. The van der Waals surface area contributed by atoms with Gasteiger partial charge in [-0.3, -0.25) is 9.80 Å². The highest BCUT2D eigenvalue weighted by Gasteiger charge is 2.25. The van der Waals surface area contributed by atoms with E-state index in [-0.39, 0.29) is 0 Å². The lowest BCUT2D eigenvalue weighted by Gasteiger charge is -2.42. The molecule has 1 fully saturated rings. The fourth-order valence-electron chi connectivity index (χ4n) is 2.20. The molecule has 1 saturated heterocycles. The van der Waals surface area contributed by atoms with E-state index in [1.807, 2.05) is 0 Å². The summed E-state index contributed by atoms with van der Waals surface area (Å²) in [7, 11) is 0. The largest absolute Gasteiger partial charge is 0.377 e. The minimum absolute atomic E-state index is 0.314. The summed E-state index contributed by atoms with van der Waals surface area (Å²) in [6.45, 7) is 20.2. The molecule has 0 radical (unpaired) electrons. The second-order valence-corrected chi connectivity index (χ2v) is 6.82. The van der Waals surface area contributed by atoms with Crippen molar-refractivity contribution in [3.8, 4) is 0 Å².